The first-order valence-corrected chi connectivity index (χ1v) is 8.61. The molecule has 3 rings (SSSR count). The number of hydrogen-bond donors (Lipinski definition) is 1. The average Bonchev–Trinajstić information content (AvgIpc) is 2.68. The third-order valence-electron chi connectivity index (χ3n) is 3.95. The second-order valence-corrected chi connectivity index (χ2v) is 5.91. The topological polar surface area (TPSA) is 50.3 Å². The Morgan fingerprint density at radius 3 is 2.32 bits per heavy atom. The van der Waals surface area contributed by atoms with E-state index in [1.165, 1.54) is 0 Å². The van der Waals surface area contributed by atoms with Crippen LogP contribution in [0.25, 0.3) is 0 Å². The van der Waals surface area contributed by atoms with E-state index < -0.39 is 11.7 Å². The van der Waals surface area contributed by atoms with Crippen LogP contribution in [0.2, 0.25) is 0 Å². The molecular formula is C20H19F3N4O. The Balaban J connectivity index is 1.94. The molecule has 0 aliphatic carbocycles. The minimum Gasteiger partial charge on any atom is -0.494 e. The van der Waals surface area contributed by atoms with Gasteiger partial charge >= 0.3 is 6.18 Å². The van der Waals surface area contributed by atoms with Gasteiger partial charge in [0.15, 0.2) is 0 Å². The van der Waals surface area contributed by atoms with Gasteiger partial charge in [-0.2, -0.15) is 18.2 Å². The van der Waals surface area contributed by atoms with Crippen molar-refractivity contribution in [3.05, 3.63) is 66.4 Å². The predicted molar refractivity (Wildman–Crippen MR) is 102 cm³/mol. The normalized spacial score (nSPS) is 11.2. The highest BCUT2D eigenvalue weighted by Gasteiger charge is 2.35. The third kappa shape index (κ3) is 4.51. The summed E-state index contributed by atoms with van der Waals surface area (Å²) in [5.41, 5.74) is 0.287. The third-order valence-corrected chi connectivity index (χ3v) is 3.95. The summed E-state index contributed by atoms with van der Waals surface area (Å²) < 4.78 is 45.5. The predicted octanol–water partition coefficient (Wildman–Crippen LogP) is 5.41. The summed E-state index contributed by atoms with van der Waals surface area (Å²) in [5, 5.41) is 2.73. The van der Waals surface area contributed by atoms with Crippen molar-refractivity contribution < 1.29 is 17.9 Å². The lowest BCUT2D eigenvalue weighted by Crippen LogP contribution is -2.17. The van der Waals surface area contributed by atoms with Crippen molar-refractivity contribution in [2.45, 2.75) is 13.1 Å². The van der Waals surface area contributed by atoms with Crippen LogP contribution in [0.4, 0.5) is 36.3 Å². The van der Waals surface area contributed by atoms with Crippen LogP contribution in [0, 0.1) is 0 Å². The fraction of sp³-hybridized carbons (Fsp3) is 0.200. The first-order chi connectivity index (χ1) is 13.4. The van der Waals surface area contributed by atoms with E-state index in [1.807, 2.05) is 6.92 Å². The zero-order chi connectivity index (χ0) is 20.1. The molecule has 0 bridgehead atoms. The molecule has 0 aliphatic rings. The zero-order valence-electron chi connectivity index (χ0n) is 15.4. The van der Waals surface area contributed by atoms with Gasteiger partial charge in [-0.05, 0) is 43.3 Å². The molecule has 0 spiro atoms. The van der Waals surface area contributed by atoms with Crippen molar-refractivity contribution in [1.29, 1.82) is 0 Å². The van der Waals surface area contributed by atoms with Gasteiger partial charge in [-0.15, -0.1) is 0 Å². The molecule has 3 aromatic rings. The standard InChI is InChI=1S/C20H19F3N4O/c1-3-28-16-11-9-15(10-12-16)27(2)19-24-13-17(20(21,22)23)18(26-19)25-14-7-5-4-6-8-14/h4-13H,3H2,1-2H3,(H,24,25,26). The van der Waals surface area contributed by atoms with Gasteiger partial charge in [0.1, 0.15) is 17.1 Å². The fourth-order valence-electron chi connectivity index (χ4n) is 2.54. The summed E-state index contributed by atoms with van der Waals surface area (Å²) in [6, 6.07) is 15.7. The van der Waals surface area contributed by atoms with Crippen LogP contribution in [-0.4, -0.2) is 23.6 Å². The highest BCUT2D eigenvalue weighted by molar-refractivity contribution is 5.64. The number of halogens is 3. The summed E-state index contributed by atoms with van der Waals surface area (Å²) in [7, 11) is 1.69. The monoisotopic (exact) mass is 388 g/mol. The largest absolute Gasteiger partial charge is 0.494 e. The summed E-state index contributed by atoms with van der Waals surface area (Å²) >= 11 is 0. The van der Waals surface area contributed by atoms with Crippen LogP contribution in [0.5, 0.6) is 5.75 Å². The number of para-hydroxylation sites is 1. The Kier molecular flexibility index (Phi) is 5.67. The van der Waals surface area contributed by atoms with Gasteiger partial charge in [0.25, 0.3) is 0 Å². The molecule has 0 unspecified atom stereocenters. The van der Waals surface area contributed by atoms with Crippen molar-refractivity contribution in [2.75, 3.05) is 23.9 Å². The minimum absolute atomic E-state index is 0.135. The maximum atomic E-state index is 13.4. The Morgan fingerprint density at radius 1 is 1.04 bits per heavy atom. The second-order valence-electron chi connectivity index (χ2n) is 5.91. The van der Waals surface area contributed by atoms with E-state index in [-0.39, 0.29) is 11.8 Å². The van der Waals surface area contributed by atoms with Crippen LogP contribution in [0.1, 0.15) is 12.5 Å². The van der Waals surface area contributed by atoms with Crippen molar-refractivity contribution in [1.82, 2.24) is 9.97 Å². The molecule has 146 valence electrons. The smallest absolute Gasteiger partial charge is 0.421 e. The highest BCUT2D eigenvalue weighted by atomic mass is 19.4. The molecule has 0 fully saturated rings. The first-order valence-electron chi connectivity index (χ1n) is 8.61. The quantitative estimate of drug-likeness (QED) is 0.612. The Morgan fingerprint density at radius 2 is 1.71 bits per heavy atom. The lowest BCUT2D eigenvalue weighted by Gasteiger charge is -2.20. The molecule has 1 N–H and O–H groups in total. The van der Waals surface area contributed by atoms with E-state index in [9.17, 15) is 13.2 Å². The highest BCUT2D eigenvalue weighted by Crippen LogP contribution is 2.36. The molecule has 0 amide bonds. The van der Waals surface area contributed by atoms with Crippen LogP contribution < -0.4 is 15.0 Å². The van der Waals surface area contributed by atoms with Gasteiger partial charge in [-0.3, -0.25) is 0 Å². The molecule has 8 heteroatoms. The van der Waals surface area contributed by atoms with E-state index in [1.54, 1.807) is 66.5 Å². The van der Waals surface area contributed by atoms with Crippen LogP contribution in [-0.2, 0) is 6.18 Å². The van der Waals surface area contributed by atoms with E-state index in [4.69, 9.17) is 4.74 Å². The maximum Gasteiger partial charge on any atom is 0.421 e. The van der Waals surface area contributed by atoms with E-state index in [0.29, 0.717) is 23.7 Å². The van der Waals surface area contributed by atoms with Crippen LogP contribution >= 0.6 is 0 Å². The number of rotatable bonds is 6. The number of anilines is 4. The van der Waals surface area contributed by atoms with Gasteiger partial charge in [0.05, 0.1) is 6.61 Å². The van der Waals surface area contributed by atoms with Gasteiger partial charge < -0.3 is 15.0 Å². The summed E-state index contributed by atoms with van der Waals surface area (Å²) in [4.78, 5) is 9.63. The molecule has 28 heavy (non-hydrogen) atoms. The lowest BCUT2D eigenvalue weighted by atomic mass is 10.2. The Bertz CT molecular complexity index is 915. The maximum absolute atomic E-state index is 13.4. The molecule has 0 saturated heterocycles. The van der Waals surface area contributed by atoms with E-state index in [2.05, 4.69) is 15.3 Å². The van der Waals surface area contributed by atoms with E-state index >= 15 is 0 Å². The number of nitrogens with zero attached hydrogens (tertiary/aromatic N) is 3. The van der Waals surface area contributed by atoms with Gasteiger partial charge in [-0.25, -0.2) is 4.98 Å². The molecule has 0 aliphatic heterocycles. The fourth-order valence-corrected chi connectivity index (χ4v) is 2.54. The van der Waals surface area contributed by atoms with E-state index in [0.717, 1.165) is 6.20 Å². The lowest BCUT2D eigenvalue weighted by molar-refractivity contribution is -0.137. The zero-order valence-corrected chi connectivity index (χ0v) is 15.4. The second kappa shape index (κ2) is 8.16. The van der Waals surface area contributed by atoms with Gasteiger partial charge in [0.2, 0.25) is 5.95 Å². The van der Waals surface area contributed by atoms with Gasteiger partial charge in [0, 0.05) is 24.6 Å². The molecule has 5 nitrogen and oxygen atoms in total. The molecule has 0 saturated carbocycles. The number of nitrogens with one attached hydrogen (secondary N) is 1. The number of ether oxygens (including phenoxy) is 1. The van der Waals surface area contributed by atoms with Crippen molar-refractivity contribution >= 4 is 23.1 Å². The summed E-state index contributed by atoms with van der Waals surface area (Å²) in [5.74, 6) is 0.538. The summed E-state index contributed by atoms with van der Waals surface area (Å²) in [6.45, 7) is 2.43. The number of alkyl halides is 3. The van der Waals surface area contributed by atoms with Crippen molar-refractivity contribution in [3.63, 3.8) is 0 Å². The van der Waals surface area contributed by atoms with Crippen molar-refractivity contribution in [3.8, 4) is 5.75 Å². The Hall–Kier alpha value is -3.29. The number of hydrogen-bond acceptors (Lipinski definition) is 5. The molecular weight excluding hydrogens is 369 g/mol. The molecule has 1 heterocycles. The molecule has 1 aromatic heterocycles. The minimum atomic E-state index is -4.58. The average molecular weight is 388 g/mol. The Labute approximate surface area is 160 Å². The van der Waals surface area contributed by atoms with Crippen LogP contribution in [0.15, 0.2) is 60.8 Å². The van der Waals surface area contributed by atoms with Crippen LogP contribution in [0.3, 0.4) is 0 Å². The number of aromatic nitrogens is 2. The molecule has 0 atom stereocenters. The summed E-state index contributed by atoms with van der Waals surface area (Å²) in [6.07, 6.45) is -3.79. The first kappa shape index (κ1) is 19.5. The molecule has 2 aromatic carbocycles. The van der Waals surface area contributed by atoms with Gasteiger partial charge in [-0.1, -0.05) is 18.2 Å². The SMILES string of the molecule is CCOc1ccc(N(C)c2ncc(C(F)(F)F)c(Nc3ccccc3)n2)cc1. The van der Waals surface area contributed by atoms with Crippen molar-refractivity contribution in [2.24, 2.45) is 0 Å². The molecule has 0 radical (unpaired) electrons. The number of benzene rings is 2.